The van der Waals surface area contributed by atoms with Crippen molar-refractivity contribution in [2.75, 3.05) is 14.2 Å². The van der Waals surface area contributed by atoms with Gasteiger partial charge in [0.05, 0.1) is 26.5 Å². The zero-order valence-corrected chi connectivity index (χ0v) is 11.5. The van der Waals surface area contributed by atoms with E-state index in [1.807, 2.05) is 0 Å². The molecule has 104 valence electrons. The average molecular weight is 286 g/mol. The maximum atomic E-state index is 11.2. The van der Waals surface area contributed by atoms with E-state index in [9.17, 15) is 9.36 Å². The van der Waals surface area contributed by atoms with E-state index in [0.717, 1.165) is 6.08 Å². The van der Waals surface area contributed by atoms with Gasteiger partial charge in [0.2, 0.25) is 0 Å². The van der Waals surface area contributed by atoms with Crippen molar-refractivity contribution in [3.05, 3.63) is 41.5 Å². The van der Waals surface area contributed by atoms with Crippen molar-refractivity contribution < 1.29 is 28.6 Å². The fourth-order valence-electron chi connectivity index (χ4n) is 1.53. The molecule has 0 atom stereocenters. The maximum Gasteiger partial charge on any atom is 0.334 e. The first-order valence-corrected chi connectivity index (χ1v) is 7.13. The number of hydrogen-bond donors (Lipinski definition) is 2. The third-order valence-electron chi connectivity index (χ3n) is 2.33. The lowest BCUT2D eigenvalue weighted by Crippen LogP contribution is -2.01. The van der Waals surface area contributed by atoms with Crippen molar-refractivity contribution in [3.8, 4) is 0 Å². The number of ether oxygens (including phenoxy) is 2. The Balaban J connectivity index is 3.21. The third-order valence-corrected chi connectivity index (χ3v) is 3.08. The van der Waals surface area contributed by atoms with Gasteiger partial charge in [-0.05, 0) is 5.56 Å². The lowest BCUT2D eigenvalue weighted by Gasteiger charge is -2.12. The van der Waals surface area contributed by atoms with Gasteiger partial charge in [-0.15, -0.1) is 0 Å². The molecule has 1 rings (SSSR count). The SMILES string of the molecule is COC(=O)C=C(OC)c1ccccc1CP(=O)(O)O. The second-order valence-electron chi connectivity index (χ2n) is 3.72. The molecular weight excluding hydrogens is 271 g/mol. The Morgan fingerprint density at radius 2 is 1.89 bits per heavy atom. The predicted octanol–water partition coefficient (Wildman–Crippen LogP) is 1.52. The van der Waals surface area contributed by atoms with Crippen LogP contribution in [0, 0.1) is 0 Å². The van der Waals surface area contributed by atoms with Crippen molar-refractivity contribution in [2.24, 2.45) is 0 Å². The molecule has 1 aromatic rings. The second kappa shape index (κ2) is 6.52. The molecule has 0 aliphatic carbocycles. The van der Waals surface area contributed by atoms with Gasteiger partial charge in [-0.25, -0.2) is 4.79 Å². The van der Waals surface area contributed by atoms with E-state index in [4.69, 9.17) is 14.5 Å². The highest BCUT2D eigenvalue weighted by atomic mass is 31.2. The molecule has 0 amide bonds. The van der Waals surface area contributed by atoms with Crippen LogP contribution in [0.2, 0.25) is 0 Å². The minimum Gasteiger partial charge on any atom is -0.496 e. The molecule has 6 nitrogen and oxygen atoms in total. The van der Waals surface area contributed by atoms with Gasteiger partial charge in [0.25, 0.3) is 0 Å². The first-order valence-electron chi connectivity index (χ1n) is 5.34. The molecule has 0 aromatic heterocycles. The van der Waals surface area contributed by atoms with Gasteiger partial charge in [-0.3, -0.25) is 4.57 Å². The summed E-state index contributed by atoms with van der Waals surface area (Å²) >= 11 is 0. The molecule has 2 N–H and O–H groups in total. The topological polar surface area (TPSA) is 93.1 Å². The number of rotatable bonds is 5. The molecule has 0 unspecified atom stereocenters. The van der Waals surface area contributed by atoms with Gasteiger partial charge in [0.15, 0.2) is 0 Å². The Bertz CT molecular complexity index is 531. The Labute approximate surface area is 110 Å². The summed E-state index contributed by atoms with van der Waals surface area (Å²) in [6.07, 6.45) is 0.698. The van der Waals surface area contributed by atoms with E-state index in [0.29, 0.717) is 11.1 Å². The highest BCUT2D eigenvalue weighted by molar-refractivity contribution is 7.50. The van der Waals surface area contributed by atoms with E-state index in [2.05, 4.69) is 4.74 Å². The van der Waals surface area contributed by atoms with Gasteiger partial charge >= 0.3 is 13.6 Å². The van der Waals surface area contributed by atoms with Crippen molar-refractivity contribution in [1.82, 2.24) is 0 Å². The van der Waals surface area contributed by atoms with Crippen LogP contribution in [0.25, 0.3) is 5.76 Å². The minimum atomic E-state index is -4.20. The zero-order chi connectivity index (χ0) is 14.5. The average Bonchev–Trinajstić information content (AvgIpc) is 2.34. The predicted molar refractivity (Wildman–Crippen MR) is 69.2 cm³/mol. The quantitative estimate of drug-likeness (QED) is 0.369. The monoisotopic (exact) mass is 286 g/mol. The lowest BCUT2D eigenvalue weighted by molar-refractivity contribution is -0.134. The van der Waals surface area contributed by atoms with E-state index in [1.54, 1.807) is 24.3 Å². The molecule has 0 saturated carbocycles. The van der Waals surface area contributed by atoms with Crippen molar-refractivity contribution in [3.63, 3.8) is 0 Å². The van der Waals surface area contributed by atoms with Gasteiger partial charge in [-0.1, -0.05) is 24.3 Å². The summed E-state index contributed by atoms with van der Waals surface area (Å²) in [5.41, 5.74) is 0.839. The Hall–Kier alpha value is -1.62. The van der Waals surface area contributed by atoms with Gasteiger partial charge in [-0.2, -0.15) is 0 Å². The molecule has 0 saturated heterocycles. The second-order valence-corrected chi connectivity index (χ2v) is 5.36. The van der Waals surface area contributed by atoms with Crippen LogP contribution >= 0.6 is 7.60 Å². The molecule has 0 aliphatic heterocycles. The summed E-state index contributed by atoms with van der Waals surface area (Å²) in [5, 5.41) is 0. The number of carbonyl (C=O) groups excluding carboxylic acids is 1. The zero-order valence-electron chi connectivity index (χ0n) is 10.6. The van der Waals surface area contributed by atoms with Crippen LogP contribution in [0.1, 0.15) is 11.1 Å². The number of hydrogen-bond acceptors (Lipinski definition) is 4. The lowest BCUT2D eigenvalue weighted by atomic mass is 10.1. The highest BCUT2D eigenvalue weighted by Gasteiger charge is 2.18. The summed E-state index contributed by atoms with van der Waals surface area (Å²) in [5.74, 6) is -0.418. The number of methoxy groups -OCH3 is 2. The maximum absolute atomic E-state index is 11.2. The van der Waals surface area contributed by atoms with Crippen LogP contribution in [0.5, 0.6) is 0 Å². The Morgan fingerprint density at radius 1 is 1.26 bits per heavy atom. The Morgan fingerprint density at radius 3 is 2.42 bits per heavy atom. The van der Waals surface area contributed by atoms with Crippen molar-refractivity contribution in [1.29, 1.82) is 0 Å². The summed E-state index contributed by atoms with van der Waals surface area (Å²) in [6, 6.07) is 6.52. The first kappa shape index (κ1) is 15.4. The number of benzene rings is 1. The number of carbonyl (C=O) groups is 1. The van der Waals surface area contributed by atoms with Crippen LogP contribution in [0.15, 0.2) is 30.3 Å². The largest absolute Gasteiger partial charge is 0.496 e. The fourth-order valence-corrected chi connectivity index (χ4v) is 2.25. The van der Waals surface area contributed by atoms with Gasteiger partial charge < -0.3 is 19.3 Å². The molecular formula is C12H15O6P. The highest BCUT2D eigenvalue weighted by Crippen LogP contribution is 2.40. The molecule has 0 aliphatic rings. The summed E-state index contributed by atoms with van der Waals surface area (Å²) < 4.78 is 20.7. The summed E-state index contributed by atoms with van der Waals surface area (Å²) in [4.78, 5) is 29.3. The van der Waals surface area contributed by atoms with E-state index < -0.39 is 19.7 Å². The Kier molecular flexibility index (Phi) is 5.30. The summed E-state index contributed by atoms with van der Waals surface area (Å²) in [7, 11) is -1.61. The van der Waals surface area contributed by atoms with E-state index in [1.165, 1.54) is 14.2 Å². The van der Waals surface area contributed by atoms with Gasteiger partial charge in [0, 0.05) is 5.56 Å². The molecule has 1 aromatic carbocycles. The molecule has 19 heavy (non-hydrogen) atoms. The van der Waals surface area contributed by atoms with Gasteiger partial charge in [0.1, 0.15) is 5.76 Å². The first-order chi connectivity index (χ1) is 8.87. The third kappa shape index (κ3) is 4.87. The number of esters is 1. The van der Waals surface area contributed by atoms with Crippen LogP contribution in [-0.2, 0) is 25.0 Å². The van der Waals surface area contributed by atoms with E-state index >= 15 is 0 Å². The smallest absolute Gasteiger partial charge is 0.334 e. The molecule has 7 heteroatoms. The molecule has 0 spiro atoms. The van der Waals surface area contributed by atoms with Crippen LogP contribution in [0.3, 0.4) is 0 Å². The normalized spacial score (nSPS) is 12.1. The molecule has 0 bridgehead atoms. The molecule has 0 fully saturated rings. The van der Waals surface area contributed by atoms with Crippen molar-refractivity contribution in [2.45, 2.75) is 6.16 Å². The molecule has 0 heterocycles. The van der Waals surface area contributed by atoms with Crippen LogP contribution in [0.4, 0.5) is 0 Å². The fraction of sp³-hybridized carbons (Fsp3) is 0.250. The minimum absolute atomic E-state index is 0.191. The molecule has 0 radical (unpaired) electrons. The van der Waals surface area contributed by atoms with Crippen molar-refractivity contribution >= 4 is 19.3 Å². The summed E-state index contributed by atoms with van der Waals surface area (Å²) in [6.45, 7) is 0. The standard InChI is InChI=1S/C12H15O6P/c1-17-11(7-12(13)18-2)10-6-4-3-5-9(10)8-19(14,15)16/h3-7H,8H2,1-2H3,(H2,14,15,16). The van der Waals surface area contributed by atoms with E-state index in [-0.39, 0.29) is 5.76 Å². The van der Waals surface area contributed by atoms with Crippen LogP contribution in [-0.4, -0.2) is 30.0 Å². The van der Waals surface area contributed by atoms with Crippen LogP contribution < -0.4 is 0 Å².